The maximum atomic E-state index is 11.9. The second kappa shape index (κ2) is 5.14. The Balaban J connectivity index is 2.51. The number of nitrogens with one attached hydrogen (secondary N) is 1. The smallest absolute Gasteiger partial charge is 0.254 e. The third-order valence-corrected chi connectivity index (χ3v) is 2.88. The summed E-state index contributed by atoms with van der Waals surface area (Å²) in [6.07, 6.45) is 3.70. The first-order chi connectivity index (χ1) is 8.67. The molecule has 0 amide bonds. The summed E-state index contributed by atoms with van der Waals surface area (Å²) in [7, 11) is 0. The van der Waals surface area contributed by atoms with Gasteiger partial charge in [0, 0.05) is 30.8 Å². The van der Waals surface area contributed by atoms with E-state index in [1.165, 1.54) is 0 Å². The summed E-state index contributed by atoms with van der Waals surface area (Å²) < 4.78 is 1.91. The molecule has 0 spiro atoms. The molecule has 2 rings (SSSR count). The van der Waals surface area contributed by atoms with Gasteiger partial charge in [0.2, 0.25) is 0 Å². The van der Waals surface area contributed by atoms with Crippen molar-refractivity contribution in [2.24, 2.45) is 0 Å². The Labute approximate surface area is 104 Å². The van der Waals surface area contributed by atoms with Gasteiger partial charge < -0.3 is 14.7 Å². The third kappa shape index (κ3) is 2.19. The van der Waals surface area contributed by atoms with E-state index in [9.17, 15) is 4.79 Å². The van der Waals surface area contributed by atoms with Crippen LogP contribution in [0.2, 0.25) is 0 Å². The molecular weight excluding hydrogens is 232 g/mol. The van der Waals surface area contributed by atoms with Crippen LogP contribution in [0.25, 0.3) is 11.5 Å². The van der Waals surface area contributed by atoms with Gasteiger partial charge in [-0.05, 0) is 13.8 Å². The Bertz CT molecular complexity index is 600. The average molecular weight is 248 g/mol. The Morgan fingerprint density at radius 2 is 2.28 bits per heavy atom. The van der Waals surface area contributed by atoms with Gasteiger partial charge in [-0.25, -0.2) is 9.97 Å². The molecule has 0 saturated heterocycles. The SMILES string of the molecule is CCn1cncc1-c1nc(C)c(CCO)c(=O)[nH]1. The van der Waals surface area contributed by atoms with Gasteiger partial charge in [0.1, 0.15) is 5.69 Å². The number of aliphatic hydroxyl groups is 1. The molecular formula is C12H16N4O2. The van der Waals surface area contributed by atoms with Crippen molar-refractivity contribution in [2.75, 3.05) is 6.61 Å². The summed E-state index contributed by atoms with van der Waals surface area (Å²) in [5.41, 5.74) is 1.76. The minimum Gasteiger partial charge on any atom is -0.396 e. The molecule has 2 N–H and O–H groups in total. The summed E-state index contributed by atoms with van der Waals surface area (Å²) >= 11 is 0. The summed E-state index contributed by atoms with van der Waals surface area (Å²) in [5.74, 6) is 0.513. The highest BCUT2D eigenvalue weighted by Gasteiger charge is 2.11. The van der Waals surface area contributed by atoms with Crippen molar-refractivity contribution >= 4 is 0 Å². The molecule has 6 nitrogen and oxygen atoms in total. The average Bonchev–Trinajstić information content (AvgIpc) is 2.81. The predicted octanol–water partition coefficient (Wildman–Crippen LogP) is 0.497. The van der Waals surface area contributed by atoms with E-state index in [0.717, 1.165) is 12.2 Å². The van der Waals surface area contributed by atoms with E-state index in [1.807, 2.05) is 11.5 Å². The van der Waals surface area contributed by atoms with Gasteiger partial charge in [-0.2, -0.15) is 0 Å². The van der Waals surface area contributed by atoms with Crippen LogP contribution in [0, 0.1) is 6.92 Å². The Morgan fingerprint density at radius 1 is 1.50 bits per heavy atom. The van der Waals surface area contributed by atoms with Crippen molar-refractivity contribution in [1.82, 2.24) is 19.5 Å². The van der Waals surface area contributed by atoms with E-state index in [2.05, 4.69) is 15.0 Å². The molecule has 2 heterocycles. The van der Waals surface area contributed by atoms with Crippen LogP contribution in [0.3, 0.4) is 0 Å². The zero-order valence-corrected chi connectivity index (χ0v) is 10.5. The van der Waals surface area contributed by atoms with Crippen LogP contribution >= 0.6 is 0 Å². The molecule has 0 fully saturated rings. The number of imidazole rings is 1. The van der Waals surface area contributed by atoms with Gasteiger partial charge >= 0.3 is 0 Å². The summed E-state index contributed by atoms with van der Waals surface area (Å²) in [5, 5.41) is 8.91. The molecule has 0 aliphatic carbocycles. The van der Waals surface area contributed by atoms with E-state index in [1.54, 1.807) is 19.4 Å². The second-order valence-corrected chi connectivity index (χ2v) is 4.02. The van der Waals surface area contributed by atoms with Gasteiger partial charge in [0.15, 0.2) is 5.82 Å². The molecule has 0 bridgehead atoms. The van der Waals surface area contributed by atoms with Crippen LogP contribution in [0.5, 0.6) is 0 Å². The quantitative estimate of drug-likeness (QED) is 0.825. The van der Waals surface area contributed by atoms with E-state index in [4.69, 9.17) is 5.11 Å². The van der Waals surface area contributed by atoms with E-state index in [-0.39, 0.29) is 12.2 Å². The van der Waals surface area contributed by atoms with Crippen LogP contribution in [0.1, 0.15) is 18.2 Å². The summed E-state index contributed by atoms with van der Waals surface area (Å²) in [6.45, 7) is 4.47. The van der Waals surface area contributed by atoms with E-state index >= 15 is 0 Å². The molecule has 0 atom stereocenters. The lowest BCUT2D eigenvalue weighted by Gasteiger charge is -2.07. The number of aryl methyl sites for hydroxylation is 2. The fourth-order valence-electron chi connectivity index (χ4n) is 1.91. The van der Waals surface area contributed by atoms with Crippen molar-refractivity contribution in [2.45, 2.75) is 26.8 Å². The first-order valence-corrected chi connectivity index (χ1v) is 5.88. The standard InChI is InChI=1S/C12H16N4O2/c1-3-16-7-13-6-10(16)11-14-8(2)9(4-5-17)12(18)15-11/h6-7,17H,3-5H2,1-2H3,(H,14,15,18). The van der Waals surface area contributed by atoms with Gasteiger partial charge in [-0.3, -0.25) is 4.79 Å². The molecule has 0 unspecified atom stereocenters. The Kier molecular flexibility index (Phi) is 3.57. The van der Waals surface area contributed by atoms with Gasteiger partial charge in [0.05, 0.1) is 12.5 Å². The molecule has 0 aliphatic heterocycles. The van der Waals surface area contributed by atoms with Crippen LogP contribution < -0.4 is 5.56 Å². The molecule has 2 aromatic heterocycles. The largest absolute Gasteiger partial charge is 0.396 e. The number of aromatic amines is 1. The highest BCUT2D eigenvalue weighted by molar-refractivity contribution is 5.48. The number of hydrogen-bond acceptors (Lipinski definition) is 4. The number of H-pyrrole nitrogens is 1. The van der Waals surface area contributed by atoms with E-state index < -0.39 is 0 Å². The maximum absolute atomic E-state index is 11.9. The number of rotatable bonds is 4. The maximum Gasteiger partial charge on any atom is 0.254 e. The van der Waals surface area contributed by atoms with Gasteiger partial charge in [-0.1, -0.05) is 0 Å². The highest BCUT2D eigenvalue weighted by Crippen LogP contribution is 2.14. The first kappa shape index (κ1) is 12.5. The van der Waals surface area contributed by atoms with Gasteiger partial charge in [0.25, 0.3) is 5.56 Å². The van der Waals surface area contributed by atoms with Crippen LogP contribution in [0.4, 0.5) is 0 Å². The van der Waals surface area contributed by atoms with Crippen molar-refractivity contribution < 1.29 is 5.11 Å². The highest BCUT2D eigenvalue weighted by atomic mass is 16.3. The molecule has 0 aliphatic rings. The molecule has 6 heteroatoms. The number of aromatic nitrogens is 4. The lowest BCUT2D eigenvalue weighted by atomic mass is 10.2. The molecule has 18 heavy (non-hydrogen) atoms. The zero-order valence-electron chi connectivity index (χ0n) is 10.5. The number of aliphatic hydroxyl groups excluding tert-OH is 1. The first-order valence-electron chi connectivity index (χ1n) is 5.88. The fraction of sp³-hybridized carbons (Fsp3) is 0.417. The summed E-state index contributed by atoms with van der Waals surface area (Å²) in [4.78, 5) is 23.1. The molecule has 0 aromatic carbocycles. The lowest BCUT2D eigenvalue weighted by molar-refractivity contribution is 0.298. The minimum atomic E-state index is -0.199. The Morgan fingerprint density at radius 3 is 2.89 bits per heavy atom. The number of hydrogen-bond donors (Lipinski definition) is 2. The normalized spacial score (nSPS) is 10.8. The third-order valence-electron chi connectivity index (χ3n) is 2.88. The van der Waals surface area contributed by atoms with Crippen molar-refractivity contribution in [3.8, 4) is 11.5 Å². The topological polar surface area (TPSA) is 83.8 Å². The molecule has 2 aromatic rings. The lowest BCUT2D eigenvalue weighted by Crippen LogP contribution is -2.19. The molecule has 96 valence electrons. The van der Waals surface area contributed by atoms with Crippen LogP contribution in [-0.4, -0.2) is 31.2 Å². The number of nitrogens with zero attached hydrogens (tertiary/aromatic N) is 3. The van der Waals surface area contributed by atoms with Crippen molar-refractivity contribution in [3.63, 3.8) is 0 Å². The van der Waals surface area contributed by atoms with Gasteiger partial charge in [-0.15, -0.1) is 0 Å². The monoisotopic (exact) mass is 248 g/mol. The predicted molar refractivity (Wildman–Crippen MR) is 67.3 cm³/mol. The van der Waals surface area contributed by atoms with Crippen LogP contribution in [0.15, 0.2) is 17.3 Å². The molecule has 0 saturated carbocycles. The molecule has 0 radical (unpaired) electrons. The van der Waals surface area contributed by atoms with Crippen molar-refractivity contribution in [1.29, 1.82) is 0 Å². The fourth-order valence-corrected chi connectivity index (χ4v) is 1.91. The Hall–Kier alpha value is -1.95. The van der Waals surface area contributed by atoms with Crippen molar-refractivity contribution in [3.05, 3.63) is 34.1 Å². The van der Waals surface area contributed by atoms with E-state index in [0.29, 0.717) is 23.5 Å². The second-order valence-electron chi connectivity index (χ2n) is 4.02. The minimum absolute atomic E-state index is 0.0577. The van der Waals surface area contributed by atoms with Crippen LogP contribution in [-0.2, 0) is 13.0 Å². The summed E-state index contributed by atoms with van der Waals surface area (Å²) in [6, 6.07) is 0. The zero-order chi connectivity index (χ0) is 13.1.